The number of aryl methyl sites for hydroxylation is 3. The Morgan fingerprint density at radius 1 is 0.935 bits per heavy atom. The quantitative estimate of drug-likeness (QED) is 0.742. The van der Waals surface area contributed by atoms with Crippen LogP contribution in [0.2, 0.25) is 0 Å². The molecule has 1 saturated heterocycles. The van der Waals surface area contributed by atoms with E-state index in [0.29, 0.717) is 24.2 Å². The van der Waals surface area contributed by atoms with Crippen molar-refractivity contribution in [2.45, 2.75) is 69.7 Å². The first-order chi connectivity index (χ1) is 14.9. The summed E-state index contributed by atoms with van der Waals surface area (Å²) in [5, 5.41) is 3.04. The molecule has 2 aliphatic rings. The molecule has 0 radical (unpaired) electrons. The van der Waals surface area contributed by atoms with E-state index in [1.165, 1.54) is 17.5 Å². The number of hydrogen-bond donors (Lipinski definition) is 1. The van der Waals surface area contributed by atoms with Gasteiger partial charge in [-0.05, 0) is 80.3 Å². The Kier molecular flexibility index (Phi) is 6.49. The minimum absolute atomic E-state index is 0.148. The van der Waals surface area contributed by atoms with Crippen molar-refractivity contribution in [2.75, 3.05) is 13.1 Å². The van der Waals surface area contributed by atoms with Crippen molar-refractivity contribution in [3.63, 3.8) is 0 Å². The van der Waals surface area contributed by atoms with Gasteiger partial charge in [0, 0.05) is 18.7 Å². The topological polar surface area (TPSA) is 66.5 Å². The normalized spacial score (nSPS) is 18.3. The molecule has 6 heteroatoms. The zero-order chi connectivity index (χ0) is 22.0. The van der Waals surface area contributed by atoms with Crippen molar-refractivity contribution in [3.05, 3.63) is 64.2 Å². The molecule has 0 aromatic heterocycles. The zero-order valence-corrected chi connectivity index (χ0v) is 19.3. The third-order valence-corrected chi connectivity index (χ3v) is 8.64. The molecule has 2 aromatic carbocycles. The Morgan fingerprint density at radius 3 is 2.39 bits per heavy atom. The van der Waals surface area contributed by atoms with Gasteiger partial charge in [0.1, 0.15) is 0 Å². The van der Waals surface area contributed by atoms with Crippen LogP contribution in [0.3, 0.4) is 0 Å². The van der Waals surface area contributed by atoms with Gasteiger partial charge in [0.05, 0.1) is 10.9 Å². The lowest BCUT2D eigenvalue weighted by Gasteiger charge is -2.22. The number of sulfonamides is 1. The summed E-state index contributed by atoms with van der Waals surface area (Å²) in [6, 6.07) is 11.3. The molecule has 1 fully saturated rings. The summed E-state index contributed by atoms with van der Waals surface area (Å²) in [6.45, 7) is 4.86. The monoisotopic (exact) mass is 440 g/mol. The summed E-state index contributed by atoms with van der Waals surface area (Å²) < 4.78 is 28.1. The minimum atomic E-state index is -3.61. The van der Waals surface area contributed by atoms with Crippen molar-refractivity contribution < 1.29 is 13.2 Å². The molecule has 1 amide bonds. The number of nitrogens with one attached hydrogen (secondary N) is 1. The van der Waals surface area contributed by atoms with Crippen LogP contribution < -0.4 is 5.32 Å². The average molecular weight is 441 g/mol. The number of benzene rings is 2. The first kappa shape index (κ1) is 22.0. The lowest BCUT2D eigenvalue weighted by molar-refractivity contribution is 0.0939. The van der Waals surface area contributed by atoms with E-state index >= 15 is 0 Å². The Bertz CT molecular complexity index is 1070. The second-order valence-electron chi connectivity index (χ2n) is 8.88. The van der Waals surface area contributed by atoms with Gasteiger partial charge in [0.25, 0.3) is 5.91 Å². The van der Waals surface area contributed by atoms with Crippen LogP contribution in [-0.2, 0) is 22.9 Å². The molecule has 166 valence electrons. The van der Waals surface area contributed by atoms with Crippen LogP contribution in [0.1, 0.15) is 77.7 Å². The molecule has 1 heterocycles. The molecule has 1 N–H and O–H groups in total. The minimum Gasteiger partial charge on any atom is -0.346 e. The molecule has 4 rings (SSSR count). The van der Waals surface area contributed by atoms with Crippen molar-refractivity contribution >= 4 is 15.9 Å². The SMILES string of the molecule is Cc1ccc(C(=O)NC(C)c2ccc3c(c2)CCC3)cc1S(=O)(=O)N1CCCCCC1. The zero-order valence-electron chi connectivity index (χ0n) is 18.5. The third-order valence-electron chi connectivity index (χ3n) is 6.60. The molecule has 2 aromatic rings. The van der Waals surface area contributed by atoms with Gasteiger partial charge >= 0.3 is 0 Å². The Morgan fingerprint density at radius 2 is 1.65 bits per heavy atom. The summed E-state index contributed by atoms with van der Waals surface area (Å²) in [5.41, 5.74) is 4.92. The van der Waals surface area contributed by atoms with E-state index in [0.717, 1.165) is 44.1 Å². The number of nitrogens with zero attached hydrogens (tertiary/aromatic N) is 1. The molecule has 5 nitrogen and oxygen atoms in total. The predicted molar refractivity (Wildman–Crippen MR) is 123 cm³/mol. The summed E-state index contributed by atoms with van der Waals surface area (Å²) in [4.78, 5) is 13.2. The van der Waals surface area contributed by atoms with Crippen molar-refractivity contribution in [3.8, 4) is 0 Å². The predicted octanol–water partition coefficient (Wildman–Crippen LogP) is 4.54. The smallest absolute Gasteiger partial charge is 0.251 e. The maximum absolute atomic E-state index is 13.3. The first-order valence-electron chi connectivity index (χ1n) is 11.4. The summed E-state index contributed by atoms with van der Waals surface area (Å²) >= 11 is 0. The maximum atomic E-state index is 13.3. The number of hydrogen-bond acceptors (Lipinski definition) is 3. The number of rotatable bonds is 5. The second kappa shape index (κ2) is 9.13. The fourth-order valence-corrected chi connectivity index (χ4v) is 6.43. The summed E-state index contributed by atoms with van der Waals surface area (Å²) in [7, 11) is -3.61. The number of carbonyl (C=O) groups is 1. The fourth-order valence-electron chi connectivity index (χ4n) is 4.66. The van der Waals surface area contributed by atoms with E-state index in [-0.39, 0.29) is 16.8 Å². The molecule has 1 aliphatic carbocycles. The number of fused-ring (bicyclic) bond motifs is 1. The standard InChI is InChI=1S/C25H32N2O3S/c1-18-10-11-23(17-24(18)31(29,30)27-14-5-3-4-6-15-27)25(28)26-19(2)21-13-12-20-8-7-9-22(20)16-21/h10-13,16-17,19H,3-9,14-15H2,1-2H3,(H,26,28). The highest BCUT2D eigenvalue weighted by molar-refractivity contribution is 7.89. The van der Waals surface area contributed by atoms with Gasteiger partial charge in [-0.1, -0.05) is 37.1 Å². The average Bonchev–Trinajstić information content (AvgIpc) is 3.04. The van der Waals surface area contributed by atoms with Crippen LogP contribution in [0, 0.1) is 6.92 Å². The van der Waals surface area contributed by atoms with Gasteiger partial charge in [-0.3, -0.25) is 4.79 Å². The highest BCUT2D eigenvalue weighted by Crippen LogP contribution is 2.27. The van der Waals surface area contributed by atoms with Crippen LogP contribution >= 0.6 is 0 Å². The van der Waals surface area contributed by atoms with Gasteiger partial charge in [-0.15, -0.1) is 0 Å². The molecule has 0 spiro atoms. The van der Waals surface area contributed by atoms with Gasteiger partial charge in [-0.25, -0.2) is 8.42 Å². The van der Waals surface area contributed by atoms with Crippen molar-refractivity contribution in [2.24, 2.45) is 0 Å². The first-order valence-corrected chi connectivity index (χ1v) is 12.8. The molecule has 31 heavy (non-hydrogen) atoms. The molecule has 1 atom stereocenters. The molecular weight excluding hydrogens is 408 g/mol. The van der Waals surface area contributed by atoms with E-state index in [4.69, 9.17) is 0 Å². The van der Waals surface area contributed by atoms with Crippen LogP contribution in [-0.4, -0.2) is 31.7 Å². The highest BCUT2D eigenvalue weighted by atomic mass is 32.2. The van der Waals surface area contributed by atoms with Gasteiger partial charge in [0.2, 0.25) is 10.0 Å². The van der Waals surface area contributed by atoms with E-state index in [9.17, 15) is 13.2 Å². The molecular formula is C25H32N2O3S. The van der Waals surface area contributed by atoms with Gasteiger partial charge in [0.15, 0.2) is 0 Å². The second-order valence-corrected chi connectivity index (χ2v) is 10.8. The maximum Gasteiger partial charge on any atom is 0.251 e. The summed E-state index contributed by atoms with van der Waals surface area (Å²) in [5.74, 6) is -0.250. The highest BCUT2D eigenvalue weighted by Gasteiger charge is 2.27. The van der Waals surface area contributed by atoms with Gasteiger partial charge in [-0.2, -0.15) is 4.31 Å². The third kappa shape index (κ3) is 4.70. The molecule has 0 saturated carbocycles. The van der Waals surface area contributed by atoms with E-state index in [2.05, 4.69) is 23.5 Å². The Balaban J connectivity index is 1.54. The van der Waals surface area contributed by atoms with Crippen LogP contribution in [0.25, 0.3) is 0 Å². The number of amides is 1. The van der Waals surface area contributed by atoms with E-state index < -0.39 is 10.0 Å². The fraction of sp³-hybridized carbons (Fsp3) is 0.480. The van der Waals surface area contributed by atoms with Crippen molar-refractivity contribution in [1.82, 2.24) is 9.62 Å². The van der Waals surface area contributed by atoms with Crippen LogP contribution in [0.5, 0.6) is 0 Å². The molecule has 0 bridgehead atoms. The van der Waals surface area contributed by atoms with E-state index in [1.807, 2.05) is 6.92 Å². The number of carbonyl (C=O) groups excluding carboxylic acids is 1. The van der Waals surface area contributed by atoms with Crippen LogP contribution in [0.4, 0.5) is 0 Å². The van der Waals surface area contributed by atoms with Crippen molar-refractivity contribution in [1.29, 1.82) is 0 Å². The largest absolute Gasteiger partial charge is 0.346 e. The Labute approximate surface area is 185 Å². The lowest BCUT2D eigenvalue weighted by atomic mass is 10.0. The summed E-state index contributed by atoms with van der Waals surface area (Å²) in [6.07, 6.45) is 7.32. The lowest BCUT2D eigenvalue weighted by Crippen LogP contribution is -2.33. The molecule has 1 unspecified atom stereocenters. The van der Waals surface area contributed by atoms with E-state index in [1.54, 1.807) is 29.4 Å². The Hall–Kier alpha value is -2.18. The van der Waals surface area contributed by atoms with Gasteiger partial charge < -0.3 is 5.32 Å². The molecule has 1 aliphatic heterocycles. The van der Waals surface area contributed by atoms with Crippen LogP contribution in [0.15, 0.2) is 41.3 Å².